The number of carbonyl (C=O) groups excluding carboxylic acids is 1. The first kappa shape index (κ1) is 18.7. The predicted molar refractivity (Wildman–Crippen MR) is 97.0 cm³/mol. The van der Waals surface area contributed by atoms with E-state index in [9.17, 15) is 4.79 Å². The van der Waals surface area contributed by atoms with Crippen molar-refractivity contribution in [1.82, 2.24) is 10.2 Å². The molecule has 2 aromatic heterocycles. The molecule has 0 bridgehead atoms. The molecule has 0 aliphatic carbocycles. The number of hydrogen-bond donors (Lipinski definition) is 0. The molecule has 3 aromatic rings. The number of furan rings is 1. The Morgan fingerprint density at radius 3 is 2.52 bits per heavy atom. The van der Waals surface area contributed by atoms with Crippen LogP contribution in [0.25, 0.3) is 11.7 Å². The highest BCUT2D eigenvalue weighted by Gasteiger charge is 2.19. The number of aromatic nitrogens is 2. The molecule has 7 heteroatoms. The Balaban J connectivity index is 1.52. The molecule has 1 aromatic carbocycles. The zero-order valence-electron chi connectivity index (χ0n) is 15.8. The first-order valence-corrected chi connectivity index (χ1v) is 8.63. The molecule has 3 rings (SSSR count). The van der Waals surface area contributed by atoms with Gasteiger partial charge in [-0.2, -0.15) is 0 Å². The molecule has 0 radical (unpaired) electrons. The lowest BCUT2D eigenvalue weighted by molar-refractivity contribution is -0.153. The molecule has 0 aliphatic heterocycles. The van der Waals surface area contributed by atoms with E-state index in [0.29, 0.717) is 11.5 Å². The van der Waals surface area contributed by atoms with Crippen LogP contribution in [0.5, 0.6) is 5.75 Å². The van der Waals surface area contributed by atoms with Gasteiger partial charge in [0.25, 0.3) is 11.8 Å². The van der Waals surface area contributed by atoms with Crippen molar-refractivity contribution in [2.75, 3.05) is 0 Å². The summed E-state index contributed by atoms with van der Waals surface area (Å²) in [6.07, 6.45) is 0.740. The minimum atomic E-state index is -0.766. The van der Waals surface area contributed by atoms with E-state index in [0.717, 1.165) is 0 Å². The van der Waals surface area contributed by atoms with Crippen molar-refractivity contribution in [2.45, 2.75) is 45.8 Å². The van der Waals surface area contributed by atoms with Crippen molar-refractivity contribution >= 4 is 5.97 Å². The summed E-state index contributed by atoms with van der Waals surface area (Å²) in [7, 11) is 0. The second kappa shape index (κ2) is 7.65. The van der Waals surface area contributed by atoms with E-state index in [1.807, 2.05) is 24.3 Å². The van der Waals surface area contributed by atoms with Gasteiger partial charge < -0.3 is 18.3 Å². The SMILES string of the molecule is C[C@H](Oc1ccc(C(C)(C)C)cc1)C(=O)OCc1nnc(-c2ccco2)o1. The van der Waals surface area contributed by atoms with Crippen LogP contribution in [-0.4, -0.2) is 22.3 Å². The molecule has 0 spiro atoms. The lowest BCUT2D eigenvalue weighted by Crippen LogP contribution is -2.26. The highest BCUT2D eigenvalue weighted by Crippen LogP contribution is 2.25. The van der Waals surface area contributed by atoms with E-state index in [1.54, 1.807) is 19.1 Å². The second-order valence-electron chi connectivity index (χ2n) is 7.12. The number of carbonyl (C=O) groups is 1. The maximum atomic E-state index is 12.1. The first-order valence-electron chi connectivity index (χ1n) is 8.63. The molecule has 0 unspecified atom stereocenters. The van der Waals surface area contributed by atoms with E-state index in [1.165, 1.54) is 11.8 Å². The lowest BCUT2D eigenvalue weighted by atomic mass is 9.87. The van der Waals surface area contributed by atoms with Crippen LogP contribution in [0.15, 0.2) is 51.5 Å². The van der Waals surface area contributed by atoms with Gasteiger partial charge >= 0.3 is 5.97 Å². The third-order valence-corrected chi connectivity index (χ3v) is 3.90. The zero-order chi connectivity index (χ0) is 19.4. The summed E-state index contributed by atoms with van der Waals surface area (Å²) in [6.45, 7) is 7.90. The van der Waals surface area contributed by atoms with E-state index in [4.69, 9.17) is 18.3 Å². The van der Waals surface area contributed by atoms with Crippen molar-refractivity contribution in [3.63, 3.8) is 0 Å². The summed E-state index contributed by atoms with van der Waals surface area (Å²) < 4.78 is 21.4. The molecule has 142 valence electrons. The van der Waals surface area contributed by atoms with Crippen LogP contribution in [0.1, 0.15) is 39.1 Å². The predicted octanol–water partition coefficient (Wildman–Crippen LogP) is 4.14. The highest BCUT2D eigenvalue weighted by molar-refractivity contribution is 5.74. The maximum Gasteiger partial charge on any atom is 0.347 e. The van der Waals surface area contributed by atoms with Gasteiger partial charge in [-0.05, 0) is 42.2 Å². The van der Waals surface area contributed by atoms with Crippen molar-refractivity contribution in [1.29, 1.82) is 0 Å². The molecule has 0 aliphatic rings. The Morgan fingerprint density at radius 1 is 1.15 bits per heavy atom. The Bertz CT molecular complexity index is 876. The summed E-state index contributed by atoms with van der Waals surface area (Å²) >= 11 is 0. The third-order valence-electron chi connectivity index (χ3n) is 3.90. The Morgan fingerprint density at radius 2 is 1.89 bits per heavy atom. The van der Waals surface area contributed by atoms with E-state index >= 15 is 0 Å². The van der Waals surface area contributed by atoms with Gasteiger partial charge in [0.15, 0.2) is 18.5 Å². The number of nitrogens with zero attached hydrogens (tertiary/aromatic N) is 2. The molecule has 0 saturated carbocycles. The average Bonchev–Trinajstić information content (AvgIpc) is 3.30. The minimum Gasteiger partial charge on any atom is -0.479 e. The maximum absolute atomic E-state index is 12.1. The van der Waals surface area contributed by atoms with Gasteiger partial charge in [-0.25, -0.2) is 4.79 Å². The van der Waals surface area contributed by atoms with Crippen LogP contribution in [0.4, 0.5) is 0 Å². The quantitative estimate of drug-likeness (QED) is 0.603. The van der Waals surface area contributed by atoms with Crippen molar-refractivity contribution < 1.29 is 23.1 Å². The minimum absolute atomic E-state index is 0.0572. The normalized spacial score (nSPS) is 12.6. The standard InChI is InChI=1S/C20H22N2O5/c1-13(26-15-9-7-14(8-10-15)20(2,3)4)19(23)25-12-17-21-22-18(27-17)16-6-5-11-24-16/h5-11,13H,12H2,1-4H3/t13-/m0/s1. The Labute approximate surface area is 157 Å². The monoisotopic (exact) mass is 370 g/mol. The molecule has 1 atom stereocenters. The van der Waals surface area contributed by atoms with Gasteiger partial charge in [-0.1, -0.05) is 32.9 Å². The van der Waals surface area contributed by atoms with Crippen LogP contribution in [-0.2, 0) is 21.6 Å². The molecular formula is C20H22N2O5. The Hall–Kier alpha value is -3.09. The molecule has 0 N–H and O–H groups in total. The van der Waals surface area contributed by atoms with Crippen LogP contribution in [0.2, 0.25) is 0 Å². The first-order chi connectivity index (χ1) is 12.8. The average molecular weight is 370 g/mol. The summed E-state index contributed by atoms with van der Waals surface area (Å²) in [5, 5.41) is 7.67. The van der Waals surface area contributed by atoms with Crippen LogP contribution in [0.3, 0.4) is 0 Å². The van der Waals surface area contributed by atoms with Crippen LogP contribution < -0.4 is 4.74 Å². The van der Waals surface area contributed by atoms with Crippen molar-refractivity contribution in [3.8, 4) is 17.4 Å². The van der Waals surface area contributed by atoms with Gasteiger partial charge in [-0.15, -0.1) is 10.2 Å². The van der Waals surface area contributed by atoms with Gasteiger partial charge in [0.2, 0.25) is 0 Å². The number of rotatable bonds is 6. The molecule has 0 saturated heterocycles. The molecule has 0 amide bonds. The largest absolute Gasteiger partial charge is 0.479 e. The Kier molecular flexibility index (Phi) is 5.30. The smallest absolute Gasteiger partial charge is 0.347 e. The number of benzene rings is 1. The van der Waals surface area contributed by atoms with E-state index in [-0.39, 0.29) is 23.8 Å². The fourth-order valence-electron chi connectivity index (χ4n) is 2.35. The van der Waals surface area contributed by atoms with Crippen molar-refractivity contribution in [2.24, 2.45) is 0 Å². The van der Waals surface area contributed by atoms with Gasteiger partial charge in [0.05, 0.1) is 6.26 Å². The number of ether oxygens (including phenoxy) is 2. The fourth-order valence-corrected chi connectivity index (χ4v) is 2.35. The molecule has 7 nitrogen and oxygen atoms in total. The summed E-state index contributed by atoms with van der Waals surface area (Å²) in [5.41, 5.74) is 1.25. The molecule has 27 heavy (non-hydrogen) atoms. The van der Waals surface area contributed by atoms with Gasteiger partial charge in [0.1, 0.15) is 5.75 Å². The zero-order valence-corrected chi connectivity index (χ0v) is 15.8. The summed E-state index contributed by atoms with van der Waals surface area (Å²) in [4.78, 5) is 12.1. The highest BCUT2D eigenvalue weighted by atomic mass is 16.6. The number of esters is 1. The molecular weight excluding hydrogens is 348 g/mol. The summed E-state index contributed by atoms with van der Waals surface area (Å²) in [6, 6.07) is 11.1. The summed E-state index contributed by atoms with van der Waals surface area (Å²) in [5.74, 6) is 0.944. The lowest BCUT2D eigenvalue weighted by Gasteiger charge is -2.20. The van der Waals surface area contributed by atoms with Crippen molar-refractivity contribution in [3.05, 3.63) is 54.1 Å². The van der Waals surface area contributed by atoms with E-state index in [2.05, 4.69) is 31.0 Å². The fraction of sp³-hybridized carbons (Fsp3) is 0.350. The topological polar surface area (TPSA) is 87.6 Å². The van der Waals surface area contributed by atoms with Crippen LogP contribution >= 0.6 is 0 Å². The molecule has 2 heterocycles. The molecule has 0 fully saturated rings. The van der Waals surface area contributed by atoms with E-state index < -0.39 is 12.1 Å². The van der Waals surface area contributed by atoms with Gasteiger partial charge in [0, 0.05) is 0 Å². The van der Waals surface area contributed by atoms with Gasteiger partial charge in [-0.3, -0.25) is 0 Å². The second-order valence-corrected chi connectivity index (χ2v) is 7.12. The van der Waals surface area contributed by atoms with Crippen LogP contribution in [0, 0.1) is 0 Å². The number of hydrogen-bond acceptors (Lipinski definition) is 7. The third kappa shape index (κ3) is 4.75.